The zero-order valence-corrected chi connectivity index (χ0v) is 21.7. The van der Waals surface area contributed by atoms with Gasteiger partial charge in [0.25, 0.3) is 11.8 Å². The number of hydrogen-bond donors (Lipinski definition) is 1. The number of rotatable bonds is 5. The lowest BCUT2D eigenvalue weighted by atomic mass is 10.0. The van der Waals surface area contributed by atoms with Gasteiger partial charge < -0.3 is 9.64 Å². The first-order chi connectivity index (χ1) is 17.2. The highest BCUT2D eigenvalue weighted by Gasteiger charge is 2.31. The Morgan fingerprint density at radius 3 is 2.61 bits per heavy atom. The summed E-state index contributed by atoms with van der Waals surface area (Å²) in [5, 5.41) is 7.89. The summed E-state index contributed by atoms with van der Waals surface area (Å²) in [6, 6.07) is 3.43. The van der Waals surface area contributed by atoms with Crippen molar-refractivity contribution in [1.29, 1.82) is 0 Å². The maximum absolute atomic E-state index is 13.3. The minimum Gasteiger partial charge on any atom is -0.494 e. The molecule has 2 amide bonds. The lowest BCUT2D eigenvalue weighted by Crippen LogP contribution is -2.27. The molecule has 1 aliphatic rings. The van der Waals surface area contributed by atoms with Crippen LogP contribution in [0.15, 0.2) is 30.7 Å². The average molecular weight is 544 g/mol. The Kier molecular flexibility index (Phi) is 6.37. The molecule has 0 fully saturated rings. The molecule has 13 heteroatoms. The molecule has 4 aromatic rings. The van der Waals surface area contributed by atoms with Crippen molar-refractivity contribution in [3.63, 3.8) is 0 Å². The zero-order valence-electron chi connectivity index (χ0n) is 19.4. The number of amides is 2. The highest BCUT2D eigenvalue weighted by Crippen LogP contribution is 2.36. The van der Waals surface area contributed by atoms with Crippen LogP contribution in [0.1, 0.15) is 37.1 Å². The molecule has 36 heavy (non-hydrogen) atoms. The standard InChI is InChI=1S/C23H19Cl2N7O3S/c1-11-4-12(13-5-19(25)27-8-17(13)35-3)14(6-26-11)21(33)30-23-29-16-9-32(10-18(16)36-23)22(34)20-15(24)7-28-31(20)2/h4-8H,9-10H2,1-3H3,(H,29,30,33). The lowest BCUT2D eigenvalue weighted by Gasteiger charge is -2.16. The van der Waals surface area contributed by atoms with Gasteiger partial charge in [-0.2, -0.15) is 5.10 Å². The molecule has 0 spiro atoms. The summed E-state index contributed by atoms with van der Waals surface area (Å²) in [5.74, 6) is -0.129. The van der Waals surface area contributed by atoms with E-state index in [0.29, 0.717) is 51.4 Å². The van der Waals surface area contributed by atoms with Crippen LogP contribution in [-0.4, -0.2) is 48.6 Å². The van der Waals surface area contributed by atoms with Crippen molar-refractivity contribution in [2.45, 2.75) is 20.0 Å². The van der Waals surface area contributed by atoms with Crippen LogP contribution < -0.4 is 10.1 Å². The van der Waals surface area contributed by atoms with Gasteiger partial charge in [-0.05, 0) is 19.1 Å². The number of halogens is 2. The monoisotopic (exact) mass is 543 g/mol. The number of nitrogens with zero attached hydrogens (tertiary/aromatic N) is 6. The molecular formula is C23H19Cl2N7O3S. The van der Waals surface area contributed by atoms with E-state index < -0.39 is 0 Å². The summed E-state index contributed by atoms with van der Waals surface area (Å²) in [7, 11) is 3.19. The van der Waals surface area contributed by atoms with Crippen LogP contribution in [0.2, 0.25) is 10.2 Å². The van der Waals surface area contributed by atoms with Gasteiger partial charge in [-0.15, -0.1) is 0 Å². The number of anilines is 1. The molecule has 0 atom stereocenters. The third-order valence-corrected chi connectivity index (χ3v) is 7.17. The molecular weight excluding hydrogens is 525 g/mol. The fraction of sp³-hybridized carbons (Fsp3) is 0.217. The number of aromatic nitrogens is 5. The molecule has 0 saturated carbocycles. The maximum atomic E-state index is 13.3. The van der Waals surface area contributed by atoms with E-state index >= 15 is 0 Å². The van der Waals surface area contributed by atoms with Gasteiger partial charge in [-0.1, -0.05) is 34.5 Å². The van der Waals surface area contributed by atoms with E-state index in [1.807, 2.05) is 6.92 Å². The summed E-state index contributed by atoms with van der Waals surface area (Å²) in [4.78, 5) is 41.6. The minimum absolute atomic E-state index is 0.226. The van der Waals surface area contributed by atoms with E-state index in [-0.39, 0.29) is 17.0 Å². The predicted octanol–water partition coefficient (Wildman–Crippen LogP) is 4.37. The first kappa shape index (κ1) is 24.2. The van der Waals surface area contributed by atoms with Gasteiger partial charge in [0.2, 0.25) is 0 Å². The first-order valence-electron chi connectivity index (χ1n) is 10.7. The molecule has 1 N–H and O–H groups in total. The van der Waals surface area contributed by atoms with Crippen LogP contribution >= 0.6 is 34.5 Å². The summed E-state index contributed by atoms with van der Waals surface area (Å²) >= 11 is 13.6. The van der Waals surface area contributed by atoms with E-state index in [1.54, 1.807) is 24.1 Å². The number of nitrogens with one attached hydrogen (secondary N) is 1. The molecule has 184 valence electrons. The fourth-order valence-electron chi connectivity index (χ4n) is 3.96. The number of thiazole rings is 1. The van der Waals surface area contributed by atoms with Crippen molar-refractivity contribution in [2.75, 3.05) is 12.4 Å². The van der Waals surface area contributed by atoms with Crippen molar-refractivity contribution in [3.8, 4) is 16.9 Å². The van der Waals surface area contributed by atoms with Gasteiger partial charge in [-0.3, -0.25) is 24.6 Å². The SMILES string of the molecule is COc1cnc(Cl)cc1-c1cc(C)ncc1C(=O)Nc1nc2c(s1)CN(C(=O)c1c(Cl)cnn1C)C2. The van der Waals surface area contributed by atoms with Gasteiger partial charge in [-0.25, -0.2) is 9.97 Å². The van der Waals surface area contributed by atoms with Crippen LogP contribution in [0, 0.1) is 6.92 Å². The van der Waals surface area contributed by atoms with Gasteiger partial charge in [0.15, 0.2) is 5.13 Å². The van der Waals surface area contributed by atoms with E-state index in [2.05, 4.69) is 25.4 Å². The van der Waals surface area contributed by atoms with Crippen LogP contribution in [0.4, 0.5) is 5.13 Å². The summed E-state index contributed by atoms with van der Waals surface area (Å²) in [6.45, 7) is 2.51. The van der Waals surface area contributed by atoms with E-state index in [0.717, 1.165) is 16.3 Å². The predicted molar refractivity (Wildman–Crippen MR) is 136 cm³/mol. The fourth-order valence-corrected chi connectivity index (χ4v) is 5.34. The van der Waals surface area contributed by atoms with Gasteiger partial charge in [0.1, 0.15) is 16.6 Å². The Morgan fingerprint density at radius 1 is 1.11 bits per heavy atom. The molecule has 0 aromatic carbocycles. The second-order valence-corrected chi connectivity index (χ2v) is 9.93. The highest BCUT2D eigenvalue weighted by atomic mass is 35.5. The second kappa shape index (κ2) is 9.49. The van der Waals surface area contributed by atoms with Crippen molar-refractivity contribution in [3.05, 3.63) is 68.4 Å². The third-order valence-electron chi connectivity index (χ3n) is 5.69. The van der Waals surface area contributed by atoms with Crippen molar-refractivity contribution in [2.24, 2.45) is 7.05 Å². The number of pyridine rings is 2. The van der Waals surface area contributed by atoms with Gasteiger partial charge >= 0.3 is 0 Å². The maximum Gasteiger partial charge on any atom is 0.274 e. The van der Waals surface area contributed by atoms with Crippen molar-refractivity contribution >= 4 is 51.5 Å². The highest BCUT2D eigenvalue weighted by molar-refractivity contribution is 7.16. The second-order valence-electron chi connectivity index (χ2n) is 8.05. The van der Waals surface area contributed by atoms with E-state index in [4.69, 9.17) is 27.9 Å². The van der Waals surface area contributed by atoms with Crippen molar-refractivity contribution < 1.29 is 14.3 Å². The van der Waals surface area contributed by atoms with Crippen LogP contribution in [0.25, 0.3) is 11.1 Å². The topological polar surface area (TPSA) is 115 Å². The normalized spacial score (nSPS) is 12.5. The third kappa shape index (κ3) is 4.41. The number of fused-ring (bicyclic) bond motifs is 1. The van der Waals surface area contributed by atoms with E-state index in [9.17, 15) is 9.59 Å². The minimum atomic E-state index is -0.380. The molecule has 5 rings (SSSR count). The quantitative estimate of drug-likeness (QED) is 0.371. The number of aryl methyl sites for hydroxylation is 2. The molecule has 0 unspecified atom stereocenters. The Hall–Kier alpha value is -3.54. The number of carbonyl (C=O) groups is 2. The molecule has 10 nitrogen and oxygen atoms in total. The number of methoxy groups -OCH3 is 1. The molecule has 0 aliphatic carbocycles. The average Bonchev–Trinajstić information content (AvgIpc) is 3.51. The first-order valence-corrected chi connectivity index (χ1v) is 12.3. The summed E-state index contributed by atoms with van der Waals surface area (Å²) < 4.78 is 6.88. The number of ether oxygens (including phenoxy) is 1. The Labute approximate surface area is 219 Å². The Morgan fingerprint density at radius 2 is 1.92 bits per heavy atom. The lowest BCUT2D eigenvalue weighted by molar-refractivity contribution is 0.0739. The van der Waals surface area contributed by atoms with Crippen LogP contribution in [-0.2, 0) is 20.1 Å². The molecule has 0 saturated heterocycles. The molecule has 0 bridgehead atoms. The summed E-state index contributed by atoms with van der Waals surface area (Å²) in [6.07, 6.45) is 4.45. The van der Waals surface area contributed by atoms with Crippen LogP contribution in [0.3, 0.4) is 0 Å². The van der Waals surface area contributed by atoms with Crippen LogP contribution in [0.5, 0.6) is 5.75 Å². The smallest absolute Gasteiger partial charge is 0.274 e. The molecule has 0 radical (unpaired) electrons. The summed E-state index contributed by atoms with van der Waals surface area (Å²) in [5.41, 5.74) is 3.34. The number of carbonyl (C=O) groups excluding carboxylic acids is 2. The Balaban J connectivity index is 1.37. The molecule has 1 aliphatic heterocycles. The number of hydrogen-bond acceptors (Lipinski definition) is 8. The van der Waals surface area contributed by atoms with E-state index in [1.165, 1.54) is 41.7 Å². The van der Waals surface area contributed by atoms with Crippen molar-refractivity contribution in [1.82, 2.24) is 29.6 Å². The zero-order chi connectivity index (χ0) is 25.6. The largest absolute Gasteiger partial charge is 0.494 e. The molecule has 5 heterocycles. The van der Waals surface area contributed by atoms with Gasteiger partial charge in [0, 0.05) is 30.1 Å². The van der Waals surface area contributed by atoms with Gasteiger partial charge in [0.05, 0.1) is 53.8 Å². The molecule has 4 aromatic heterocycles. The Bertz CT molecular complexity index is 1470.